The van der Waals surface area contributed by atoms with E-state index in [9.17, 15) is 4.79 Å². The Morgan fingerprint density at radius 2 is 1.82 bits per heavy atom. The first-order valence-corrected chi connectivity index (χ1v) is 5.61. The molecule has 0 aromatic heterocycles. The molecule has 0 bridgehead atoms. The Hall–Kier alpha value is -1.39. The molecule has 4 nitrogen and oxygen atoms in total. The molecule has 0 saturated heterocycles. The van der Waals surface area contributed by atoms with Crippen molar-refractivity contribution in [2.24, 2.45) is 11.8 Å². The lowest BCUT2D eigenvalue weighted by Gasteiger charge is -2.18. The Morgan fingerprint density at radius 3 is 2.35 bits per heavy atom. The molecule has 0 saturated carbocycles. The Labute approximate surface area is 101 Å². The number of ether oxygens (including phenoxy) is 1. The number of hydrogen-bond donors (Lipinski definition) is 2. The minimum atomic E-state index is -0.506. The molecule has 0 aliphatic carbocycles. The smallest absolute Gasteiger partial charge is 0.309 e. The van der Waals surface area contributed by atoms with E-state index in [1.165, 1.54) is 0 Å². The van der Waals surface area contributed by atoms with Gasteiger partial charge in [-0.2, -0.15) is 0 Å². The van der Waals surface area contributed by atoms with Crippen LogP contribution in [-0.4, -0.2) is 29.4 Å². The summed E-state index contributed by atoms with van der Waals surface area (Å²) in [6.45, 7) is 1.41. The first kappa shape index (κ1) is 13.7. The Bertz CT molecular complexity index is 333. The van der Waals surface area contributed by atoms with Gasteiger partial charge in [-0.25, -0.2) is 0 Å². The SMILES string of the molecule is CC(C(=O)OCc1ccccc1)C(CO)CO. The predicted octanol–water partition coefficient (Wildman–Crippen LogP) is 0.967. The summed E-state index contributed by atoms with van der Waals surface area (Å²) in [5.74, 6) is -1.37. The van der Waals surface area contributed by atoms with Crippen LogP contribution in [0.2, 0.25) is 0 Å². The van der Waals surface area contributed by atoms with Gasteiger partial charge in [-0.05, 0) is 5.56 Å². The highest BCUT2D eigenvalue weighted by atomic mass is 16.5. The predicted molar refractivity (Wildman–Crippen MR) is 63.1 cm³/mol. The number of carbonyl (C=O) groups is 1. The minimum Gasteiger partial charge on any atom is -0.461 e. The molecule has 1 aromatic rings. The molecule has 0 amide bonds. The fourth-order valence-corrected chi connectivity index (χ4v) is 1.43. The molecule has 0 radical (unpaired) electrons. The van der Waals surface area contributed by atoms with Crippen LogP contribution in [0.25, 0.3) is 0 Å². The molecule has 17 heavy (non-hydrogen) atoms. The van der Waals surface area contributed by atoms with Gasteiger partial charge in [0.2, 0.25) is 0 Å². The highest BCUT2D eigenvalue weighted by Crippen LogP contribution is 2.13. The molecule has 0 fully saturated rings. The van der Waals surface area contributed by atoms with Crippen LogP contribution >= 0.6 is 0 Å². The van der Waals surface area contributed by atoms with Crippen LogP contribution in [0.15, 0.2) is 30.3 Å². The molecule has 2 N–H and O–H groups in total. The molecule has 0 aliphatic rings. The van der Waals surface area contributed by atoms with Crippen molar-refractivity contribution in [3.63, 3.8) is 0 Å². The van der Waals surface area contributed by atoms with Gasteiger partial charge in [0.05, 0.1) is 5.92 Å². The molecule has 1 aromatic carbocycles. The number of aliphatic hydroxyl groups is 2. The number of esters is 1. The fraction of sp³-hybridized carbons (Fsp3) is 0.462. The summed E-state index contributed by atoms with van der Waals surface area (Å²) in [6, 6.07) is 9.37. The van der Waals surface area contributed by atoms with Crippen LogP contribution in [0.3, 0.4) is 0 Å². The highest BCUT2D eigenvalue weighted by molar-refractivity contribution is 5.72. The number of hydrogen-bond acceptors (Lipinski definition) is 4. The van der Waals surface area contributed by atoms with Crippen LogP contribution in [-0.2, 0) is 16.1 Å². The standard InChI is InChI=1S/C13H18O4/c1-10(12(7-14)8-15)13(16)17-9-11-5-3-2-4-6-11/h2-6,10,12,14-15H,7-9H2,1H3. The van der Waals surface area contributed by atoms with Gasteiger partial charge in [0.25, 0.3) is 0 Å². The zero-order valence-electron chi connectivity index (χ0n) is 9.87. The van der Waals surface area contributed by atoms with Crippen molar-refractivity contribution in [2.45, 2.75) is 13.5 Å². The van der Waals surface area contributed by atoms with Crippen molar-refractivity contribution >= 4 is 5.97 Å². The lowest BCUT2D eigenvalue weighted by Crippen LogP contribution is -2.28. The van der Waals surface area contributed by atoms with Gasteiger partial charge in [-0.3, -0.25) is 4.79 Å². The van der Waals surface area contributed by atoms with Crippen LogP contribution in [0.4, 0.5) is 0 Å². The van der Waals surface area contributed by atoms with Crippen molar-refractivity contribution < 1.29 is 19.7 Å². The zero-order valence-corrected chi connectivity index (χ0v) is 9.87. The Balaban J connectivity index is 2.44. The second-order valence-corrected chi connectivity index (χ2v) is 4.01. The van der Waals surface area contributed by atoms with Gasteiger partial charge >= 0.3 is 5.97 Å². The number of carbonyl (C=O) groups excluding carboxylic acids is 1. The quantitative estimate of drug-likeness (QED) is 0.725. The second-order valence-electron chi connectivity index (χ2n) is 4.01. The van der Waals surface area contributed by atoms with Crippen LogP contribution in [0.5, 0.6) is 0 Å². The van der Waals surface area contributed by atoms with Gasteiger partial charge < -0.3 is 14.9 Å². The third-order valence-corrected chi connectivity index (χ3v) is 2.77. The Kier molecular flexibility index (Phi) is 5.66. The van der Waals surface area contributed by atoms with E-state index in [-0.39, 0.29) is 19.8 Å². The first-order valence-electron chi connectivity index (χ1n) is 5.61. The largest absolute Gasteiger partial charge is 0.461 e. The molecule has 0 spiro atoms. The normalized spacial score (nSPS) is 12.5. The molecule has 4 heteroatoms. The average molecular weight is 238 g/mol. The monoisotopic (exact) mass is 238 g/mol. The highest BCUT2D eigenvalue weighted by Gasteiger charge is 2.24. The lowest BCUT2D eigenvalue weighted by atomic mass is 9.96. The summed E-state index contributed by atoms with van der Waals surface area (Å²) < 4.78 is 5.11. The lowest BCUT2D eigenvalue weighted by molar-refractivity contribution is -0.152. The minimum absolute atomic E-state index is 0.216. The number of rotatable bonds is 6. The summed E-state index contributed by atoms with van der Waals surface area (Å²) in [7, 11) is 0. The van der Waals surface area contributed by atoms with Crippen molar-refractivity contribution in [1.82, 2.24) is 0 Å². The van der Waals surface area contributed by atoms with Crippen molar-refractivity contribution in [2.75, 3.05) is 13.2 Å². The summed E-state index contributed by atoms with van der Waals surface area (Å²) in [4.78, 5) is 11.6. The average Bonchev–Trinajstić information content (AvgIpc) is 2.38. The van der Waals surface area contributed by atoms with E-state index in [1.807, 2.05) is 30.3 Å². The summed E-state index contributed by atoms with van der Waals surface area (Å²) in [6.07, 6.45) is 0. The van der Waals surface area contributed by atoms with Crippen LogP contribution < -0.4 is 0 Å². The van der Waals surface area contributed by atoms with E-state index >= 15 is 0 Å². The van der Waals surface area contributed by atoms with E-state index in [2.05, 4.69) is 0 Å². The van der Waals surface area contributed by atoms with Crippen LogP contribution in [0, 0.1) is 11.8 Å². The molecular formula is C13H18O4. The van der Waals surface area contributed by atoms with Crippen molar-refractivity contribution in [3.8, 4) is 0 Å². The molecule has 1 unspecified atom stereocenters. The van der Waals surface area contributed by atoms with Crippen LogP contribution in [0.1, 0.15) is 12.5 Å². The number of benzene rings is 1. The third-order valence-electron chi connectivity index (χ3n) is 2.77. The van der Waals surface area contributed by atoms with Crippen molar-refractivity contribution in [3.05, 3.63) is 35.9 Å². The van der Waals surface area contributed by atoms with Gasteiger partial charge in [-0.1, -0.05) is 37.3 Å². The molecule has 1 atom stereocenters. The maximum Gasteiger partial charge on any atom is 0.309 e. The molecule has 94 valence electrons. The maximum atomic E-state index is 11.6. The van der Waals surface area contributed by atoms with Gasteiger partial charge in [0, 0.05) is 19.1 Å². The van der Waals surface area contributed by atoms with Gasteiger partial charge in [0.15, 0.2) is 0 Å². The first-order chi connectivity index (χ1) is 8.19. The second kappa shape index (κ2) is 7.04. The molecular weight excluding hydrogens is 220 g/mol. The topological polar surface area (TPSA) is 66.8 Å². The summed E-state index contributed by atoms with van der Waals surface area (Å²) >= 11 is 0. The molecule has 0 heterocycles. The van der Waals surface area contributed by atoms with E-state index in [1.54, 1.807) is 6.92 Å². The van der Waals surface area contributed by atoms with E-state index in [0.29, 0.717) is 0 Å². The van der Waals surface area contributed by atoms with E-state index in [4.69, 9.17) is 14.9 Å². The summed E-state index contributed by atoms with van der Waals surface area (Å²) in [5.41, 5.74) is 0.914. The molecule has 0 aliphatic heterocycles. The summed E-state index contributed by atoms with van der Waals surface area (Å²) in [5, 5.41) is 17.9. The van der Waals surface area contributed by atoms with E-state index in [0.717, 1.165) is 5.56 Å². The third kappa shape index (κ3) is 4.17. The zero-order chi connectivity index (χ0) is 12.7. The van der Waals surface area contributed by atoms with Gasteiger partial charge in [-0.15, -0.1) is 0 Å². The Morgan fingerprint density at radius 1 is 1.24 bits per heavy atom. The van der Waals surface area contributed by atoms with Crippen molar-refractivity contribution in [1.29, 1.82) is 0 Å². The maximum absolute atomic E-state index is 11.6. The van der Waals surface area contributed by atoms with E-state index < -0.39 is 17.8 Å². The number of aliphatic hydroxyl groups excluding tert-OH is 2. The molecule has 1 rings (SSSR count). The fourth-order valence-electron chi connectivity index (χ4n) is 1.43. The van der Waals surface area contributed by atoms with Gasteiger partial charge in [0.1, 0.15) is 6.61 Å².